The lowest BCUT2D eigenvalue weighted by molar-refractivity contribution is -0.343. The Morgan fingerprint density at radius 3 is 1.27 bits per heavy atom. The Balaban J connectivity index is 2.86. The van der Waals surface area contributed by atoms with Gasteiger partial charge in [0.05, 0.1) is 13.2 Å². The molecule has 2 fully saturated rings. The summed E-state index contributed by atoms with van der Waals surface area (Å²) in [5.74, 6) is 0. The van der Waals surface area contributed by atoms with E-state index in [9.17, 15) is 73.8 Å². The van der Waals surface area contributed by atoms with Gasteiger partial charge in [0.1, 0.15) is 42.7 Å². The van der Waals surface area contributed by atoms with Crippen LogP contribution >= 0.6 is 7.82 Å². The lowest BCUT2D eigenvalue weighted by Crippen LogP contribution is -2.67. The fourth-order valence-corrected chi connectivity index (χ4v) is 7.05. The van der Waals surface area contributed by atoms with E-state index in [0.29, 0.717) is 0 Å². The first-order chi connectivity index (χ1) is 22.5. The van der Waals surface area contributed by atoms with Gasteiger partial charge in [0.25, 0.3) is 0 Å². The van der Waals surface area contributed by atoms with E-state index in [1.807, 2.05) is 0 Å². The highest BCUT2D eigenvalue weighted by atomic mass is 32.3. The number of rotatable bonds is 18. The highest BCUT2D eigenvalue weighted by Crippen LogP contribution is 2.39. The van der Waals surface area contributed by atoms with E-state index in [1.165, 1.54) is 0 Å². The topological polar surface area (TPSA) is 496 Å². The zero-order valence-electron chi connectivity index (χ0n) is 23.5. The maximum atomic E-state index is 11.7. The number of aliphatic hydroxyl groups excluding tert-OH is 1. The summed E-state index contributed by atoms with van der Waals surface area (Å²) in [6, 6.07) is 0. The standard InChI is InChI=1S/C12H23O32PS6/c13-5-8(42-49(26,27)28)6(40-47(20,21)22)3(1-35-45(14,15)16)37-11(5)39-9-7(41-48(23,24)25)4(2-36-46(17,18)19)38-12(44-51(32,33)34)10(9)43-50(29,30)31/h3-13H,1-2H2,(H2,14,15,16)(H,17,18,19)(H,20,21,22)(H,23,24,25)(H,26,27,28)(H,29,30,31)(H,32,33,34)/t3-,4-,5+,6-,7-,8-,9?,10+,11-,12-/m1/s1. The smallest absolute Gasteiger partial charge is 0.385 e. The van der Waals surface area contributed by atoms with Crippen LogP contribution in [0.2, 0.25) is 0 Å². The molecule has 0 aromatic rings. The average Bonchev–Trinajstić information content (AvgIpc) is 2.84. The third-order valence-electron chi connectivity index (χ3n) is 5.43. The quantitative estimate of drug-likeness (QED) is 0.0456. The van der Waals surface area contributed by atoms with E-state index < -0.39 is 145 Å². The van der Waals surface area contributed by atoms with Gasteiger partial charge >= 0.3 is 70.2 Å². The number of phosphoric acid groups is 1. The molecule has 10 atom stereocenters. The van der Waals surface area contributed by atoms with Crippen LogP contribution in [0.25, 0.3) is 0 Å². The third-order valence-corrected chi connectivity index (χ3v) is 8.65. The zero-order chi connectivity index (χ0) is 39.8. The molecule has 0 aliphatic carbocycles. The Morgan fingerprint density at radius 1 is 0.490 bits per heavy atom. The van der Waals surface area contributed by atoms with E-state index in [1.54, 1.807) is 0 Å². The van der Waals surface area contributed by atoms with Crippen LogP contribution < -0.4 is 0 Å². The average molecular weight is 903 g/mol. The molecule has 0 aromatic heterocycles. The van der Waals surface area contributed by atoms with Gasteiger partial charge < -0.3 is 29.1 Å². The second-order valence-electron chi connectivity index (χ2n) is 9.15. The van der Waals surface area contributed by atoms with Crippen LogP contribution in [-0.2, 0) is 111 Å². The molecule has 0 radical (unpaired) electrons. The molecule has 304 valence electrons. The van der Waals surface area contributed by atoms with E-state index in [4.69, 9.17) is 37.7 Å². The van der Waals surface area contributed by atoms with Crippen molar-refractivity contribution in [2.75, 3.05) is 13.2 Å². The lowest BCUT2D eigenvalue weighted by Gasteiger charge is -2.47. The highest BCUT2D eigenvalue weighted by Gasteiger charge is 2.58. The molecule has 1 unspecified atom stereocenters. The number of ether oxygens (including phenoxy) is 3. The van der Waals surface area contributed by atoms with Crippen LogP contribution in [0.15, 0.2) is 0 Å². The molecule has 32 nitrogen and oxygen atoms in total. The van der Waals surface area contributed by atoms with Crippen molar-refractivity contribution < 1.29 is 141 Å². The molecule has 39 heteroatoms. The molecule has 9 N–H and O–H groups in total. The minimum absolute atomic E-state index is 1.72. The van der Waals surface area contributed by atoms with Crippen LogP contribution in [0.4, 0.5) is 0 Å². The van der Waals surface area contributed by atoms with Gasteiger partial charge in [0.15, 0.2) is 12.4 Å². The molecular formula is C12H23O32PS6. The van der Waals surface area contributed by atoms with Gasteiger partial charge in [-0.3, -0.25) is 31.8 Å². The summed E-state index contributed by atoms with van der Waals surface area (Å²) in [7, 11) is -40.9. The van der Waals surface area contributed by atoms with E-state index >= 15 is 0 Å². The summed E-state index contributed by atoms with van der Waals surface area (Å²) >= 11 is 0. The van der Waals surface area contributed by atoms with Crippen molar-refractivity contribution >= 4 is 70.2 Å². The Hall–Kier alpha value is -0.830. The zero-order valence-corrected chi connectivity index (χ0v) is 29.3. The Kier molecular flexibility index (Phi) is 15.0. The number of phosphoric ester groups is 1. The molecule has 0 bridgehead atoms. The summed E-state index contributed by atoms with van der Waals surface area (Å²) in [6.45, 7) is -3.51. The summed E-state index contributed by atoms with van der Waals surface area (Å²) in [6.07, 6.45) is -29.9. The molecule has 2 rings (SSSR count). The maximum absolute atomic E-state index is 11.7. The minimum Gasteiger partial charge on any atom is -0.385 e. The third kappa shape index (κ3) is 17.0. The van der Waals surface area contributed by atoms with Crippen LogP contribution in [0, 0.1) is 0 Å². The van der Waals surface area contributed by atoms with Gasteiger partial charge in [-0.2, -0.15) is 50.5 Å². The van der Waals surface area contributed by atoms with E-state index in [0.717, 1.165) is 0 Å². The molecular weight excluding hydrogens is 879 g/mol. The Labute approximate surface area is 285 Å². The van der Waals surface area contributed by atoms with Gasteiger partial charge in [-0.1, -0.05) is 0 Å². The van der Waals surface area contributed by atoms with Crippen molar-refractivity contribution in [3.8, 4) is 0 Å². The predicted molar refractivity (Wildman–Crippen MR) is 142 cm³/mol. The van der Waals surface area contributed by atoms with Gasteiger partial charge in [-0.25, -0.2) is 29.7 Å². The number of hydrogen-bond donors (Lipinski definition) is 9. The number of hydrogen-bond acceptors (Lipinski definition) is 24. The van der Waals surface area contributed by atoms with Crippen LogP contribution in [0.3, 0.4) is 0 Å². The minimum atomic E-state index is -6.03. The van der Waals surface area contributed by atoms with Gasteiger partial charge in [-0.05, 0) is 0 Å². The van der Waals surface area contributed by atoms with Gasteiger partial charge in [-0.15, -0.1) is 0 Å². The summed E-state index contributed by atoms with van der Waals surface area (Å²) in [4.78, 5) is 18.1. The van der Waals surface area contributed by atoms with Gasteiger partial charge in [0.2, 0.25) is 6.29 Å². The molecule has 2 heterocycles. The molecule has 2 saturated heterocycles. The first-order valence-electron chi connectivity index (χ1n) is 11.8. The molecule has 0 amide bonds. The van der Waals surface area contributed by atoms with Crippen molar-refractivity contribution in [1.29, 1.82) is 0 Å². The summed E-state index contributed by atoms with van der Waals surface area (Å²) in [5, 5.41) is 10.8. The van der Waals surface area contributed by atoms with Crippen molar-refractivity contribution in [2.45, 2.75) is 61.4 Å². The second kappa shape index (κ2) is 16.5. The Morgan fingerprint density at radius 2 is 0.863 bits per heavy atom. The SMILES string of the molecule is O=P(O)(O)OC[C@H]1O[C@H](OC2[C@H](OS(=O)(=O)O)[C@@H](OS(=O)(=O)O)O[C@H](COS(=O)(=O)O)[C@H]2OS(=O)(=O)O)[C@@H](O)[C@@H](OS(=O)(=O)O)[C@@H]1OS(=O)(=O)O. The van der Waals surface area contributed by atoms with Gasteiger partial charge in [0, 0.05) is 0 Å². The number of aliphatic hydroxyl groups is 1. The van der Waals surface area contributed by atoms with Crippen molar-refractivity contribution in [2.24, 2.45) is 0 Å². The normalized spacial score (nSPS) is 32.1. The van der Waals surface area contributed by atoms with E-state index in [-0.39, 0.29) is 0 Å². The first kappa shape index (κ1) is 46.3. The second-order valence-corrected chi connectivity index (χ2v) is 16.7. The van der Waals surface area contributed by atoms with E-state index in [2.05, 4.69) is 29.6 Å². The highest BCUT2D eigenvalue weighted by molar-refractivity contribution is 7.82. The van der Waals surface area contributed by atoms with Crippen LogP contribution in [-0.4, -0.2) is 167 Å². The van der Waals surface area contributed by atoms with Crippen molar-refractivity contribution in [3.63, 3.8) is 0 Å². The van der Waals surface area contributed by atoms with Crippen molar-refractivity contribution in [1.82, 2.24) is 0 Å². The molecule has 0 saturated carbocycles. The summed E-state index contributed by atoms with van der Waals surface area (Å²) < 4.78 is 248. The molecule has 0 spiro atoms. The molecule has 2 aliphatic rings. The Bertz CT molecular complexity index is 1930. The monoisotopic (exact) mass is 902 g/mol. The molecule has 51 heavy (non-hydrogen) atoms. The van der Waals surface area contributed by atoms with Crippen LogP contribution in [0.5, 0.6) is 0 Å². The fraction of sp³-hybridized carbons (Fsp3) is 1.00. The largest absolute Gasteiger partial charge is 0.469 e. The maximum Gasteiger partial charge on any atom is 0.469 e. The molecule has 0 aromatic carbocycles. The predicted octanol–water partition coefficient (Wildman–Crippen LogP) is -6.32. The van der Waals surface area contributed by atoms with Crippen molar-refractivity contribution in [3.05, 3.63) is 0 Å². The van der Waals surface area contributed by atoms with Crippen LogP contribution in [0.1, 0.15) is 0 Å². The first-order valence-corrected chi connectivity index (χ1v) is 21.5. The fourth-order valence-electron chi connectivity index (χ4n) is 3.99. The lowest BCUT2D eigenvalue weighted by atomic mass is 9.97. The molecule has 2 aliphatic heterocycles. The summed E-state index contributed by atoms with van der Waals surface area (Å²) in [5.41, 5.74) is 0.